The Morgan fingerprint density at radius 3 is 2.81 bits per heavy atom. The number of hydrogen-bond donors (Lipinski definition) is 2. The summed E-state index contributed by atoms with van der Waals surface area (Å²) in [7, 11) is 2.03. The van der Waals surface area contributed by atoms with Gasteiger partial charge in [-0.15, -0.1) is 11.3 Å². The average molecular weight is 308 g/mol. The molecule has 0 bridgehead atoms. The first kappa shape index (κ1) is 16.0. The van der Waals surface area contributed by atoms with Gasteiger partial charge in [0.1, 0.15) is 0 Å². The number of aryl methyl sites for hydroxylation is 1. The lowest BCUT2D eigenvalue weighted by Crippen LogP contribution is -2.33. The molecule has 5 nitrogen and oxygen atoms in total. The van der Waals surface area contributed by atoms with E-state index in [1.807, 2.05) is 20.9 Å². The summed E-state index contributed by atoms with van der Waals surface area (Å²) in [5.74, 6) is 0. The van der Waals surface area contributed by atoms with Gasteiger partial charge in [-0.25, -0.2) is 0 Å². The summed E-state index contributed by atoms with van der Waals surface area (Å²) in [5.41, 5.74) is 8.37. The van der Waals surface area contributed by atoms with E-state index in [0.717, 1.165) is 24.4 Å². The Morgan fingerprint density at radius 2 is 2.24 bits per heavy atom. The fourth-order valence-corrected chi connectivity index (χ4v) is 3.05. The minimum absolute atomic E-state index is 0.448. The second-order valence-corrected chi connectivity index (χ2v) is 6.54. The molecule has 21 heavy (non-hydrogen) atoms. The smallest absolute Gasteiger partial charge is 0.0862 e. The fourth-order valence-electron chi connectivity index (χ4n) is 2.35. The zero-order valence-corrected chi connectivity index (χ0v) is 13.7. The molecule has 0 aliphatic rings. The zero-order chi connectivity index (χ0) is 15.4. The third-order valence-corrected chi connectivity index (χ3v) is 4.60. The topological polar surface area (TPSA) is 67.3 Å². The minimum atomic E-state index is -0.448. The second-order valence-electron chi connectivity index (χ2n) is 5.51. The summed E-state index contributed by atoms with van der Waals surface area (Å²) in [6.07, 6.45) is 0.573. The van der Waals surface area contributed by atoms with Gasteiger partial charge in [0.15, 0.2) is 0 Å². The Hall–Kier alpha value is -1.37. The number of anilines is 1. The van der Waals surface area contributed by atoms with Crippen LogP contribution in [0.2, 0.25) is 0 Å². The Balaban J connectivity index is 1.80. The van der Waals surface area contributed by atoms with E-state index in [4.69, 9.17) is 5.73 Å². The van der Waals surface area contributed by atoms with Gasteiger partial charge in [0, 0.05) is 18.0 Å². The van der Waals surface area contributed by atoms with E-state index in [1.165, 1.54) is 4.88 Å². The Morgan fingerprint density at radius 1 is 1.48 bits per heavy atom. The van der Waals surface area contributed by atoms with Crippen molar-refractivity contribution in [2.24, 2.45) is 0 Å². The zero-order valence-electron chi connectivity index (χ0n) is 12.9. The maximum Gasteiger partial charge on any atom is 0.0862 e. The molecular weight excluding hydrogens is 284 g/mol. The van der Waals surface area contributed by atoms with Crippen LogP contribution in [0.5, 0.6) is 0 Å². The molecule has 0 spiro atoms. The van der Waals surface area contributed by atoms with E-state index in [9.17, 15) is 5.11 Å². The molecule has 1 atom stereocenters. The predicted octanol–water partition coefficient (Wildman–Crippen LogP) is 1.68. The molecule has 2 aromatic rings. The van der Waals surface area contributed by atoms with Crippen molar-refractivity contribution in [1.29, 1.82) is 0 Å². The van der Waals surface area contributed by atoms with E-state index in [2.05, 4.69) is 27.5 Å². The largest absolute Gasteiger partial charge is 0.396 e. The van der Waals surface area contributed by atoms with Gasteiger partial charge >= 0.3 is 0 Å². The molecule has 2 rings (SSSR count). The number of hydrogen-bond acceptors (Lipinski definition) is 5. The molecule has 0 radical (unpaired) electrons. The number of aromatic nitrogens is 2. The van der Waals surface area contributed by atoms with Crippen molar-refractivity contribution in [3.05, 3.63) is 33.8 Å². The van der Waals surface area contributed by atoms with Gasteiger partial charge in [0.2, 0.25) is 0 Å². The van der Waals surface area contributed by atoms with E-state index in [0.29, 0.717) is 18.8 Å². The molecule has 0 fully saturated rings. The van der Waals surface area contributed by atoms with Crippen LogP contribution in [0.3, 0.4) is 0 Å². The highest BCUT2D eigenvalue weighted by Crippen LogP contribution is 2.15. The maximum absolute atomic E-state index is 10.2. The van der Waals surface area contributed by atoms with E-state index >= 15 is 0 Å². The molecule has 0 aliphatic heterocycles. The van der Waals surface area contributed by atoms with E-state index in [1.54, 1.807) is 16.0 Å². The summed E-state index contributed by atoms with van der Waals surface area (Å²) >= 11 is 1.78. The van der Waals surface area contributed by atoms with Crippen LogP contribution >= 0.6 is 11.3 Å². The molecule has 3 N–H and O–H groups in total. The molecule has 0 amide bonds. The highest BCUT2D eigenvalue weighted by atomic mass is 32.1. The van der Waals surface area contributed by atoms with Crippen molar-refractivity contribution >= 4 is 17.0 Å². The molecule has 1 unspecified atom stereocenters. The van der Waals surface area contributed by atoms with E-state index < -0.39 is 6.10 Å². The minimum Gasteiger partial charge on any atom is -0.396 e. The van der Waals surface area contributed by atoms with Crippen molar-refractivity contribution in [3.63, 3.8) is 0 Å². The maximum atomic E-state index is 10.2. The number of thiophene rings is 1. The SMILES string of the molecule is Cc1nn(CC(O)CN(C)CCc2cccs2)c(C)c1N. The first-order valence-electron chi connectivity index (χ1n) is 7.16. The van der Waals surface area contributed by atoms with Gasteiger partial charge in [-0.1, -0.05) is 6.07 Å². The van der Waals surface area contributed by atoms with Crippen molar-refractivity contribution in [1.82, 2.24) is 14.7 Å². The molecule has 0 aromatic carbocycles. The summed E-state index contributed by atoms with van der Waals surface area (Å²) in [5, 5.41) is 16.7. The quantitative estimate of drug-likeness (QED) is 0.816. The molecule has 0 saturated carbocycles. The summed E-state index contributed by atoms with van der Waals surface area (Å²) in [6, 6.07) is 4.22. The van der Waals surface area contributed by atoms with E-state index in [-0.39, 0.29) is 0 Å². The lowest BCUT2D eigenvalue weighted by atomic mass is 10.3. The number of aliphatic hydroxyl groups is 1. The molecule has 2 aromatic heterocycles. The van der Waals surface area contributed by atoms with Crippen LogP contribution in [0.4, 0.5) is 5.69 Å². The molecule has 2 heterocycles. The Bertz CT molecular complexity index is 564. The lowest BCUT2D eigenvalue weighted by Gasteiger charge is -2.20. The lowest BCUT2D eigenvalue weighted by molar-refractivity contribution is 0.106. The average Bonchev–Trinajstić information content (AvgIpc) is 3.02. The normalized spacial score (nSPS) is 13.0. The van der Waals surface area contributed by atoms with Crippen LogP contribution in [-0.2, 0) is 13.0 Å². The van der Waals surface area contributed by atoms with Crippen LogP contribution < -0.4 is 5.73 Å². The Kier molecular flexibility index (Phi) is 5.39. The van der Waals surface area contributed by atoms with Crippen LogP contribution in [0, 0.1) is 13.8 Å². The molecule has 0 aliphatic carbocycles. The number of rotatable bonds is 7. The second kappa shape index (κ2) is 7.06. The molecular formula is C15H24N4OS. The van der Waals surface area contributed by atoms with Crippen molar-refractivity contribution in [2.45, 2.75) is 32.9 Å². The summed E-state index contributed by atoms with van der Waals surface area (Å²) in [4.78, 5) is 3.53. The Labute approximate surface area is 130 Å². The fraction of sp³-hybridized carbons (Fsp3) is 0.533. The number of aliphatic hydroxyl groups excluding tert-OH is 1. The van der Waals surface area contributed by atoms with Gasteiger partial charge in [-0.3, -0.25) is 4.68 Å². The van der Waals surface area contributed by atoms with Crippen molar-refractivity contribution in [3.8, 4) is 0 Å². The molecule has 0 saturated heterocycles. The first-order chi connectivity index (χ1) is 9.97. The van der Waals surface area contributed by atoms with Crippen LogP contribution in [0.25, 0.3) is 0 Å². The highest BCUT2D eigenvalue weighted by molar-refractivity contribution is 7.09. The molecule has 116 valence electrons. The standard InChI is InChI=1S/C15H24N4OS/c1-11-15(16)12(2)19(17-11)10-13(20)9-18(3)7-6-14-5-4-8-21-14/h4-5,8,13,20H,6-7,9-10,16H2,1-3H3. The summed E-state index contributed by atoms with van der Waals surface area (Å²) < 4.78 is 1.79. The summed E-state index contributed by atoms with van der Waals surface area (Å²) in [6.45, 7) is 5.87. The third-order valence-electron chi connectivity index (χ3n) is 3.66. The van der Waals surface area contributed by atoms with Gasteiger partial charge < -0.3 is 15.7 Å². The monoisotopic (exact) mass is 308 g/mol. The van der Waals surface area contributed by atoms with Crippen LogP contribution in [0.1, 0.15) is 16.3 Å². The number of nitrogen functional groups attached to an aromatic ring is 1. The third kappa shape index (κ3) is 4.30. The highest BCUT2D eigenvalue weighted by Gasteiger charge is 2.14. The number of likely N-dealkylation sites (N-methyl/N-ethyl adjacent to an activating group) is 1. The van der Waals surface area contributed by atoms with Gasteiger partial charge in [-0.05, 0) is 38.8 Å². The first-order valence-corrected chi connectivity index (χ1v) is 8.03. The van der Waals surface area contributed by atoms with Crippen LogP contribution in [-0.4, -0.2) is 46.0 Å². The van der Waals surface area contributed by atoms with Gasteiger partial charge in [-0.2, -0.15) is 5.10 Å². The number of nitrogens with two attached hydrogens (primary N) is 1. The van der Waals surface area contributed by atoms with Crippen molar-refractivity contribution in [2.75, 3.05) is 25.9 Å². The number of nitrogens with zero attached hydrogens (tertiary/aromatic N) is 3. The van der Waals surface area contributed by atoms with Gasteiger partial charge in [0.05, 0.1) is 29.7 Å². The van der Waals surface area contributed by atoms with Crippen LogP contribution in [0.15, 0.2) is 17.5 Å². The van der Waals surface area contributed by atoms with Crippen molar-refractivity contribution < 1.29 is 5.11 Å². The van der Waals surface area contributed by atoms with Gasteiger partial charge in [0.25, 0.3) is 0 Å². The molecule has 6 heteroatoms. The predicted molar refractivity (Wildman–Crippen MR) is 87.6 cm³/mol.